The second-order valence-electron chi connectivity index (χ2n) is 4.34. The number of nitrogens with one attached hydrogen (secondary N) is 1. The second kappa shape index (κ2) is 5.31. The fraction of sp³-hybridized carbons (Fsp3) is 0.0714. The number of aromatic nitrogens is 1. The summed E-state index contributed by atoms with van der Waals surface area (Å²) in [6.45, 7) is 1.94. The molecule has 0 aliphatic heterocycles. The van der Waals surface area contributed by atoms with E-state index in [0.29, 0.717) is 10.2 Å². The molecule has 20 heavy (non-hydrogen) atoms. The number of anilines is 2. The zero-order chi connectivity index (χ0) is 14.3. The summed E-state index contributed by atoms with van der Waals surface area (Å²) in [4.78, 5) is 4.42. The van der Waals surface area contributed by atoms with E-state index in [1.807, 2.05) is 19.1 Å². The average Bonchev–Trinajstić information content (AvgIpc) is 2.77. The molecule has 2 aromatic carbocycles. The van der Waals surface area contributed by atoms with Crippen molar-refractivity contribution in [3.63, 3.8) is 0 Å². The molecule has 0 aliphatic carbocycles. The minimum atomic E-state index is -0.257. The first kappa shape index (κ1) is 13.8. The zero-order valence-corrected chi connectivity index (χ0v) is 13.5. The van der Waals surface area contributed by atoms with E-state index >= 15 is 0 Å². The normalized spacial score (nSPS) is 11.0. The van der Waals surface area contributed by atoms with Gasteiger partial charge in [0.2, 0.25) is 0 Å². The van der Waals surface area contributed by atoms with Crippen LogP contribution in [0.15, 0.2) is 34.8 Å². The van der Waals surface area contributed by atoms with Gasteiger partial charge in [0.15, 0.2) is 5.13 Å². The standard InChI is InChI=1S/C14H9BrClFN2S/c1-7-4-9(15)12(6-10(7)16)19-14-18-11-3-2-8(17)5-13(11)20-14/h2-6H,1H3,(H,18,19). The molecular formula is C14H9BrClFN2S. The van der Waals surface area contributed by atoms with Crippen LogP contribution in [0.5, 0.6) is 0 Å². The molecule has 0 radical (unpaired) electrons. The van der Waals surface area contributed by atoms with Crippen molar-refractivity contribution in [2.24, 2.45) is 0 Å². The summed E-state index contributed by atoms with van der Waals surface area (Å²) in [6, 6.07) is 8.34. The van der Waals surface area contributed by atoms with Gasteiger partial charge in [-0.1, -0.05) is 22.9 Å². The summed E-state index contributed by atoms with van der Waals surface area (Å²) < 4.78 is 14.9. The lowest BCUT2D eigenvalue weighted by molar-refractivity contribution is 0.630. The first-order valence-electron chi connectivity index (χ1n) is 5.82. The Labute approximate surface area is 132 Å². The number of benzene rings is 2. The van der Waals surface area contributed by atoms with Gasteiger partial charge >= 0.3 is 0 Å². The summed E-state index contributed by atoms with van der Waals surface area (Å²) in [7, 11) is 0. The molecule has 0 amide bonds. The predicted octanol–water partition coefficient (Wildman–Crippen LogP) is 5.90. The van der Waals surface area contributed by atoms with Crippen molar-refractivity contribution in [3.8, 4) is 0 Å². The Kier molecular flexibility index (Phi) is 3.67. The summed E-state index contributed by atoms with van der Waals surface area (Å²) in [5, 5.41) is 4.59. The molecule has 1 aromatic heterocycles. The number of hydrogen-bond donors (Lipinski definition) is 1. The van der Waals surface area contributed by atoms with Crippen LogP contribution in [0.2, 0.25) is 5.02 Å². The lowest BCUT2D eigenvalue weighted by Crippen LogP contribution is -1.91. The van der Waals surface area contributed by atoms with Crippen LogP contribution < -0.4 is 5.32 Å². The van der Waals surface area contributed by atoms with Gasteiger partial charge in [0.25, 0.3) is 0 Å². The van der Waals surface area contributed by atoms with E-state index < -0.39 is 0 Å². The van der Waals surface area contributed by atoms with Gasteiger partial charge in [-0.2, -0.15) is 0 Å². The molecule has 6 heteroatoms. The molecule has 1 heterocycles. The maximum atomic E-state index is 13.2. The molecule has 3 rings (SSSR count). The molecule has 0 aliphatic rings. The van der Waals surface area contributed by atoms with Crippen LogP contribution >= 0.6 is 38.9 Å². The van der Waals surface area contributed by atoms with Crippen LogP contribution in [-0.4, -0.2) is 4.98 Å². The topological polar surface area (TPSA) is 24.9 Å². The molecule has 0 bridgehead atoms. The van der Waals surface area contributed by atoms with E-state index in [1.165, 1.54) is 23.5 Å². The Morgan fingerprint density at radius 3 is 2.90 bits per heavy atom. The van der Waals surface area contributed by atoms with Gasteiger partial charge in [-0.3, -0.25) is 0 Å². The molecule has 1 N–H and O–H groups in total. The molecule has 102 valence electrons. The highest BCUT2D eigenvalue weighted by molar-refractivity contribution is 9.10. The fourth-order valence-electron chi connectivity index (χ4n) is 1.81. The van der Waals surface area contributed by atoms with E-state index in [2.05, 4.69) is 26.2 Å². The third kappa shape index (κ3) is 2.66. The highest BCUT2D eigenvalue weighted by atomic mass is 79.9. The second-order valence-corrected chi connectivity index (χ2v) is 6.63. The SMILES string of the molecule is Cc1cc(Br)c(Nc2nc3ccc(F)cc3s2)cc1Cl. The van der Waals surface area contributed by atoms with Crippen LogP contribution in [0.3, 0.4) is 0 Å². The first-order chi connectivity index (χ1) is 9.52. The first-order valence-corrected chi connectivity index (χ1v) is 7.80. The molecule has 0 atom stereocenters. The van der Waals surface area contributed by atoms with Gasteiger partial charge in [-0.25, -0.2) is 9.37 Å². The highest BCUT2D eigenvalue weighted by Gasteiger charge is 2.08. The van der Waals surface area contributed by atoms with Crippen LogP contribution in [0.25, 0.3) is 10.2 Å². The van der Waals surface area contributed by atoms with E-state index in [0.717, 1.165) is 25.9 Å². The minimum Gasteiger partial charge on any atom is -0.331 e. The predicted molar refractivity (Wildman–Crippen MR) is 86.7 cm³/mol. The molecule has 0 saturated heterocycles. The maximum absolute atomic E-state index is 13.2. The zero-order valence-electron chi connectivity index (χ0n) is 10.4. The highest BCUT2D eigenvalue weighted by Crippen LogP contribution is 2.34. The number of nitrogens with zero attached hydrogens (tertiary/aromatic N) is 1. The van der Waals surface area contributed by atoms with E-state index in [-0.39, 0.29) is 5.82 Å². The Morgan fingerprint density at radius 2 is 2.10 bits per heavy atom. The van der Waals surface area contributed by atoms with Gasteiger partial charge in [0, 0.05) is 9.50 Å². The molecule has 2 nitrogen and oxygen atoms in total. The maximum Gasteiger partial charge on any atom is 0.188 e. The fourth-order valence-corrected chi connectivity index (χ4v) is 3.43. The Balaban J connectivity index is 1.99. The van der Waals surface area contributed by atoms with E-state index in [1.54, 1.807) is 6.07 Å². The van der Waals surface area contributed by atoms with Crippen molar-refractivity contribution in [2.75, 3.05) is 5.32 Å². The molecule has 0 spiro atoms. The number of aryl methyl sites for hydroxylation is 1. The van der Waals surface area contributed by atoms with E-state index in [4.69, 9.17) is 11.6 Å². The third-order valence-corrected chi connectivity index (χ3v) is 4.84. The van der Waals surface area contributed by atoms with Gasteiger partial charge < -0.3 is 5.32 Å². The Bertz CT molecular complexity index is 803. The molecule has 0 fully saturated rings. The lowest BCUT2D eigenvalue weighted by Gasteiger charge is -2.07. The van der Waals surface area contributed by atoms with Crippen molar-refractivity contribution in [1.82, 2.24) is 4.98 Å². The number of thiazole rings is 1. The quantitative estimate of drug-likeness (QED) is 0.606. The van der Waals surface area contributed by atoms with Crippen molar-refractivity contribution in [3.05, 3.63) is 51.2 Å². The smallest absolute Gasteiger partial charge is 0.188 e. The summed E-state index contributed by atoms with van der Waals surface area (Å²) in [6.07, 6.45) is 0. The summed E-state index contributed by atoms with van der Waals surface area (Å²) in [5.41, 5.74) is 2.60. The van der Waals surface area contributed by atoms with Gasteiger partial charge in [-0.05, 0) is 58.7 Å². The van der Waals surface area contributed by atoms with Crippen LogP contribution in [-0.2, 0) is 0 Å². The van der Waals surface area contributed by atoms with Crippen molar-refractivity contribution < 1.29 is 4.39 Å². The Hall–Kier alpha value is -1.17. The molecule has 3 aromatic rings. The van der Waals surface area contributed by atoms with Crippen molar-refractivity contribution in [1.29, 1.82) is 0 Å². The van der Waals surface area contributed by atoms with Crippen molar-refractivity contribution >= 4 is 59.9 Å². The van der Waals surface area contributed by atoms with Crippen molar-refractivity contribution in [2.45, 2.75) is 6.92 Å². The number of rotatable bonds is 2. The van der Waals surface area contributed by atoms with Gasteiger partial charge in [-0.15, -0.1) is 0 Å². The average molecular weight is 372 g/mol. The largest absolute Gasteiger partial charge is 0.331 e. The monoisotopic (exact) mass is 370 g/mol. The Morgan fingerprint density at radius 1 is 1.30 bits per heavy atom. The summed E-state index contributed by atoms with van der Waals surface area (Å²) in [5.74, 6) is -0.257. The molecule has 0 saturated carbocycles. The van der Waals surface area contributed by atoms with Crippen LogP contribution in [0, 0.1) is 12.7 Å². The van der Waals surface area contributed by atoms with E-state index in [9.17, 15) is 4.39 Å². The third-order valence-electron chi connectivity index (χ3n) is 2.84. The summed E-state index contributed by atoms with van der Waals surface area (Å²) >= 11 is 11.0. The molecular weight excluding hydrogens is 363 g/mol. The number of hydrogen-bond acceptors (Lipinski definition) is 3. The van der Waals surface area contributed by atoms with Crippen LogP contribution in [0.4, 0.5) is 15.2 Å². The van der Waals surface area contributed by atoms with Crippen LogP contribution in [0.1, 0.15) is 5.56 Å². The van der Waals surface area contributed by atoms with Gasteiger partial charge in [0.1, 0.15) is 5.82 Å². The lowest BCUT2D eigenvalue weighted by atomic mass is 10.2. The number of halogens is 3. The molecule has 0 unspecified atom stereocenters. The number of fused-ring (bicyclic) bond motifs is 1. The minimum absolute atomic E-state index is 0.257. The van der Waals surface area contributed by atoms with Gasteiger partial charge in [0.05, 0.1) is 15.9 Å².